The van der Waals surface area contributed by atoms with Crippen LogP contribution >= 0.6 is 0 Å². The third kappa shape index (κ3) is 2.26. The summed E-state index contributed by atoms with van der Waals surface area (Å²) in [7, 11) is 0. The topological polar surface area (TPSA) is 41.9 Å². The fourth-order valence-electron chi connectivity index (χ4n) is 2.02. The molecular formula is C14H16N2O. The first-order valence-electron chi connectivity index (χ1n) is 5.88. The zero-order valence-corrected chi connectivity index (χ0v) is 10.2. The number of nitriles is 1. The van der Waals surface area contributed by atoms with E-state index in [-0.39, 0.29) is 0 Å². The Bertz CT molecular complexity index is 517. The van der Waals surface area contributed by atoms with E-state index in [0.29, 0.717) is 6.04 Å². The lowest BCUT2D eigenvalue weighted by Crippen LogP contribution is -2.10. The third-order valence-corrected chi connectivity index (χ3v) is 3.08. The summed E-state index contributed by atoms with van der Waals surface area (Å²) in [4.78, 5) is 0. The molecule has 2 aromatic rings. The van der Waals surface area contributed by atoms with E-state index in [4.69, 9.17) is 9.68 Å². The molecular weight excluding hydrogens is 212 g/mol. The van der Waals surface area contributed by atoms with Gasteiger partial charge in [0, 0.05) is 18.2 Å². The molecule has 0 saturated heterocycles. The maximum Gasteiger partial charge on any atom is 0.120 e. The number of aromatic nitrogens is 1. The van der Waals surface area contributed by atoms with Gasteiger partial charge in [-0.3, -0.25) is 0 Å². The van der Waals surface area contributed by atoms with E-state index in [9.17, 15) is 0 Å². The molecule has 0 bridgehead atoms. The number of furan rings is 1. The molecule has 0 N–H and O–H groups in total. The number of hydrogen-bond donors (Lipinski definition) is 0. The van der Waals surface area contributed by atoms with Gasteiger partial charge >= 0.3 is 0 Å². The molecule has 0 aliphatic rings. The third-order valence-electron chi connectivity index (χ3n) is 3.08. The highest BCUT2D eigenvalue weighted by Crippen LogP contribution is 2.21. The van der Waals surface area contributed by atoms with Crippen molar-refractivity contribution in [2.24, 2.45) is 0 Å². The zero-order valence-electron chi connectivity index (χ0n) is 10.2. The van der Waals surface area contributed by atoms with Gasteiger partial charge in [-0.25, -0.2) is 0 Å². The fourth-order valence-corrected chi connectivity index (χ4v) is 2.02. The van der Waals surface area contributed by atoms with E-state index in [1.165, 1.54) is 0 Å². The van der Waals surface area contributed by atoms with E-state index >= 15 is 0 Å². The maximum atomic E-state index is 9.11. The fraction of sp³-hybridized carbons (Fsp3) is 0.357. The van der Waals surface area contributed by atoms with Crippen molar-refractivity contribution in [2.45, 2.75) is 32.7 Å². The van der Waals surface area contributed by atoms with Gasteiger partial charge in [0.25, 0.3) is 0 Å². The minimum Gasteiger partial charge on any atom is -0.469 e. The Hall–Kier alpha value is -1.95. The molecule has 0 radical (unpaired) electrons. The summed E-state index contributed by atoms with van der Waals surface area (Å²) >= 11 is 0. The van der Waals surface area contributed by atoms with Gasteiger partial charge in [-0.2, -0.15) is 5.26 Å². The van der Waals surface area contributed by atoms with Crippen LogP contribution in [0.15, 0.2) is 34.9 Å². The average molecular weight is 228 g/mol. The van der Waals surface area contributed by atoms with Gasteiger partial charge in [0.1, 0.15) is 17.5 Å². The minimum atomic E-state index is 0.338. The van der Waals surface area contributed by atoms with E-state index < -0.39 is 0 Å². The molecule has 1 unspecified atom stereocenters. The molecule has 0 amide bonds. The molecule has 0 spiro atoms. The summed E-state index contributed by atoms with van der Waals surface area (Å²) in [5.41, 5.74) is 1.85. The highest BCUT2D eigenvalue weighted by Gasteiger charge is 2.13. The van der Waals surface area contributed by atoms with Crippen molar-refractivity contribution in [3.63, 3.8) is 0 Å². The Morgan fingerprint density at radius 1 is 1.41 bits per heavy atom. The zero-order chi connectivity index (χ0) is 12.3. The molecule has 2 rings (SSSR count). The lowest BCUT2D eigenvalue weighted by atomic mass is 10.2. The second-order valence-electron chi connectivity index (χ2n) is 4.21. The van der Waals surface area contributed by atoms with Gasteiger partial charge < -0.3 is 8.98 Å². The minimum absolute atomic E-state index is 0.338. The molecule has 1 atom stereocenters. The maximum absolute atomic E-state index is 9.11. The number of hydrogen-bond acceptors (Lipinski definition) is 2. The Kier molecular flexibility index (Phi) is 3.34. The lowest BCUT2D eigenvalue weighted by molar-refractivity contribution is 0.488. The van der Waals surface area contributed by atoms with Crippen molar-refractivity contribution in [2.75, 3.05) is 0 Å². The van der Waals surface area contributed by atoms with Crippen LogP contribution in [-0.4, -0.2) is 4.57 Å². The molecule has 88 valence electrons. The molecule has 3 heteroatoms. The van der Waals surface area contributed by atoms with Crippen LogP contribution in [0.1, 0.15) is 43.5 Å². The lowest BCUT2D eigenvalue weighted by Gasteiger charge is -2.16. The van der Waals surface area contributed by atoms with Gasteiger partial charge in [-0.15, -0.1) is 0 Å². The van der Waals surface area contributed by atoms with Crippen LogP contribution in [0, 0.1) is 11.3 Å². The summed E-state index contributed by atoms with van der Waals surface area (Å²) in [6.07, 6.45) is 3.42. The molecule has 17 heavy (non-hydrogen) atoms. The summed E-state index contributed by atoms with van der Waals surface area (Å²) in [6.45, 7) is 4.26. The molecule has 0 saturated carbocycles. The average Bonchev–Trinajstić information content (AvgIpc) is 2.98. The highest BCUT2D eigenvalue weighted by atomic mass is 16.3. The van der Waals surface area contributed by atoms with Crippen LogP contribution in [0.25, 0.3) is 0 Å². The molecule has 0 fully saturated rings. The van der Waals surface area contributed by atoms with Gasteiger partial charge in [0.05, 0.1) is 6.26 Å². The first-order chi connectivity index (χ1) is 8.26. The van der Waals surface area contributed by atoms with E-state index in [0.717, 1.165) is 30.0 Å². The summed E-state index contributed by atoms with van der Waals surface area (Å²) < 4.78 is 7.45. The van der Waals surface area contributed by atoms with Crippen molar-refractivity contribution in [3.05, 3.63) is 47.7 Å². The van der Waals surface area contributed by atoms with Crippen LogP contribution in [0.2, 0.25) is 0 Å². The summed E-state index contributed by atoms with van der Waals surface area (Å²) in [5.74, 6) is 0.928. The van der Waals surface area contributed by atoms with E-state index in [1.54, 1.807) is 6.26 Å². The number of nitrogens with zero attached hydrogens (tertiary/aromatic N) is 2. The normalized spacial score (nSPS) is 12.3. The van der Waals surface area contributed by atoms with E-state index in [1.807, 2.05) is 24.3 Å². The Morgan fingerprint density at radius 3 is 2.82 bits per heavy atom. The Labute approximate surface area is 101 Å². The standard InChI is InChI=1S/C14H16N2O/c1-3-11(2)16-12(6-7-13(16)10-15)9-14-5-4-8-17-14/h4-8,11H,3,9H2,1-2H3. The quantitative estimate of drug-likeness (QED) is 0.803. The van der Waals surface area contributed by atoms with Crippen molar-refractivity contribution < 1.29 is 4.42 Å². The van der Waals surface area contributed by atoms with E-state index in [2.05, 4.69) is 24.5 Å². The van der Waals surface area contributed by atoms with Crippen molar-refractivity contribution in [1.29, 1.82) is 5.26 Å². The Morgan fingerprint density at radius 2 is 2.24 bits per heavy atom. The summed E-state index contributed by atoms with van der Waals surface area (Å²) in [6, 6.07) is 10.3. The van der Waals surface area contributed by atoms with Crippen LogP contribution in [0.3, 0.4) is 0 Å². The van der Waals surface area contributed by atoms with Crippen molar-refractivity contribution in [1.82, 2.24) is 4.57 Å². The molecule has 3 nitrogen and oxygen atoms in total. The predicted octanol–water partition coefficient (Wildman–Crippen LogP) is 3.51. The molecule has 2 heterocycles. The largest absolute Gasteiger partial charge is 0.469 e. The van der Waals surface area contributed by atoms with Crippen LogP contribution in [0.5, 0.6) is 0 Å². The summed E-state index contributed by atoms with van der Waals surface area (Å²) in [5, 5.41) is 9.11. The predicted molar refractivity (Wildman–Crippen MR) is 65.7 cm³/mol. The van der Waals surface area contributed by atoms with Crippen molar-refractivity contribution >= 4 is 0 Å². The van der Waals surface area contributed by atoms with Gasteiger partial charge in [0.2, 0.25) is 0 Å². The monoisotopic (exact) mass is 228 g/mol. The van der Waals surface area contributed by atoms with Gasteiger partial charge in [-0.1, -0.05) is 6.92 Å². The second kappa shape index (κ2) is 4.92. The molecule has 0 aromatic carbocycles. The van der Waals surface area contributed by atoms with Gasteiger partial charge in [0.15, 0.2) is 0 Å². The first kappa shape index (κ1) is 11.5. The van der Waals surface area contributed by atoms with Crippen molar-refractivity contribution in [3.8, 4) is 6.07 Å². The molecule has 0 aliphatic carbocycles. The Balaban J connectivity index is 2.34. The highest BCUT2D eigenvalue weighted by molar-refractivity contribution is 5.29. The molecule has 0 aliphatic heterocycles. The molecule has 2 aromatic heterocycles. The first-order valence-corrected chi connectivity index (χ1v) is 5.88. The van der Waals surface area contributed by atoms with Crippen LogP contribution in [0.4, 0.5) is 0 Å². The van der Waals surface area contributed by atoms with Crippen LogP contribution in [-0.2, 0) is 6.42 Å². The van der Waals surface area contributed by atoms with Gasteiger partial charge in [-0.05, 0) is 37.6 Å². The SMILES string of the molecule is CCC(C)n1c(C#N)ccc1Cc1ccco1. The second-order valence-corrected chi connectivity index (χ2v) is 4.21. The smallest absolute Gasteiger partial charge is 0.120 e. The number of rotatable bonds is 4. The van der Waals surface area contributed by atoms with Crippen LogP contribution < -0.4 is 0 Å².